The Labute approximate surface area is 161 Å². The SMILES string of the molecule is Cc1ccc(N[C@H]2CCCN(Cc3cccn3-c3ncccn3)C2)cc1C. The molecule has 5 nitrogen and oxygen atoms in total. The third-order valence-corrected chi connectivity index (χ3v) is 5.37. The highest BCUT2D eigenvalue weighted by molar-refractivity contribution is 5.48. The third kappa shape index (κ3) is 4.19. The van der Waals surface area contributed by atoms with Crippen LogP contribution < -0.4 is 5.32 Å². The quantitative estimate of drug-likeness (QED) is 0.747. The van der Waals surface area contributed by atoms with E-state index in [1.54, 1.807) is 12.4 Å². The number of benzene rings is 1. The molecule has 1 N–H and O–H groups in total. The number of aryl methyl sites for hydroxylation is 2. The smallest absolute Gasteiger partial charge is 0.233 e. The Morgan fingerprint density at radius 3 is 2.74 bits per heavy atom. The summed E-state index contributed by atoms with van der Waals surface area (Å²) >= 11 is 0. The van der Waals surface area contributed by atoms with Crippen molar-refractivity contribution < 1.29 is 0 Å². The first-order chi connectivity index (χ1) is 13.2. The molecule has 0 radical (unpaired) electrons. The fourth-order valence-electron chi connectivity index (χ4n) is 3.77. The Hall–Kier alpha value is -2.66. The molecule has 5 heteroatoms. The summed E-state index contributed by atoms with van der Waals surface area (Å²) in [7, 11) is 0. The number of nitrogens with zero attached hydrogens (tertiary/aromatic N) is 4. The van der Waals surface area contributed by atoms with Gasteiger partial charge in [0.1, 0.15) is 0 Å². The van der Waals surface area contributed by atoms with Crippen molar-refractivity contribution in [1.29, 1.82) is 0 Å². The van der Waals surface area contributed by atoms with Crippen LogP contribution in [0.2, 0.25) is 0 Å². The van der Waals surface area contributed by atoms with Gasteiger partial charge in [-0.25, -0.2) is 9.97 Å². The average Bonchev–Trinajstić information content (AvgIpc) is 3.14. The lowest BCUT2D eigenvalue weighted by atomic mass is 10.0. The summed E-state index contributed by atoms with van der Waals surface area (Å²) < 4.78 is 2.08. The highest BCUT2D eigenvalue weighted by Gasteiger charge is 2.21. The molecule has 4 rings (SSSR count). The molecule has 0 amide bonds. The summed E-state index contributed by atoms with van der Waals surface area (Å²) in [4.78, 5) is 11.3. The molecule has 3 aromatic rings. The Morgan fingerprint density at radius 1 is 1.07 bits per heavy atom. The highest BCUT2D eigenvalue weighted by atomic mass is 15.2. The fraction of sp³-hybridized carbons (Fsp3) is 0.364. The third-order valence-electron chi connectivity index (χ3n) is 5.37. The second kappa shape index (κ2) is 7.92. The largest absolute Gasteiger partial charge is 0.381 e. The van der Waals surface area contributed by atoms with E-state index in [1.165, 1.54) is 35.3 Å². The van der Waals surface area contributed by atoms with Crippen LogP contribution in [0, 0.1) is 13.8 Å². The van der Waals surface area contributed by atoms with E-state index >= 15 is 0 Å². The van der Waals surface area contributed by atoms with Crippen LogP contribution in [0.15, 0.2) is 55.0 Å². The maximum absolute atomic E-state index is 4.38. The Morgan fingerprint density at radius 2 is 1.93 bits per heavy atom. The van der Waals surface area contributed by atoms with Crippen molar-refractivity contribution >= 4 is 5.69 Å². The molecule has 27 heavy (non-hydrogen) atoms. The van der Waals surface area contributed by atoms with Gasteiger partial charge in [0, 0.05) is 49.1 Å². The van der Waals surface area contributed by atoms with Gasteiger partial charge in [0.15, 0.2) is 0 Å². The van der Waals surface area contributed by atoms with Gasteiger partial charge >= 0.3 is 0 Å². The standard InChI is InChI=1S/C22H27N5/c1-17-8-9-19(14-18(17)2)25-20-6-3-12-26(15-20)16-21-7-4-13-27(21)22-23-10-5-11-24-22/h4-5,7-11,13-14,20,25H,3,6,12,15-16H2,1-2H3/t20-/m0/s1. The van der Waals surface area contributed by atoms with Crippen LogP contribution in [0.4, 0.5) is 5.69 Å². The summed E-state index contributed by atoms with van der Waals surface area (Å²) in [6.45, 7) is 7.43. The number of hydrogen-bond acceptors (Lipinski definition) is 4. The molecule has 1 atom stereocenters. The van der Waals surface area contributed by atoms with Gasteiger partial charge in [-0.15, -0.1) is 0 Å². The van der Waals surface area contributed by atoms with E-state index in [-0.39, 0.29) is 0 Å². The lowest BCUT2D eigenvalue weighted by molar-refractivity contribution is 0.205. The van der Waals surface area contributed by atoms with Gasteiger partial charge in [-0.2, -0.15) is 0 Å². The lowest BCUT2D eigenvalue weighted by Crippen LogP contribution is -2.41. The number of hydrogen-bond donors (Lipinski definition) is 1. The zero-order valence-electron chi connectivity index (χ0n) is 16.1. The molecule has 0 aliphatic carbocycles. The number of piperidine rings is 1. The van der Waals surface area contributed by atoms with E-state index in [0.717, 1.165) is 25.6 Å². The Balaban J connectivity index is 1.42. The van der Waals surface area contributed by atoms with Crippen molar-refractivity contribution in [2.45, 2.75) is 39.3 Å². The van der Waals surface area contributed by atoms with Crippen molar-refractivity contribution in [1.82, 2.24) is 19.4 Å². The molecule has 1 aliphatic rings. The number of likely N-dealkylation sites (tertiary alicyclic amines) is 1. The predicted molar refractivity (Wildman–Crippen MR) is 109 cm³/mol. The zero-order valence-corrected chi connectivity index (χ0v) is 16.1. The summed E-state index contributed by atoms with van der Waals surface area (Å²) in [5.41, 5.74) is 5.14. The molecule has 140 valence electrons. The normalized spacial score (nSPS) is 17.8. The Bertz CT molecular complexity index is 887. The number of anilines is 1. The fourth-order valence-corrected chi connectivity index (χ4v) is 3.77. The molecule has 3 heterocycles. The summed E-state index contributed by atoms with van der Waals surface area (Å²) in [5, 5.41) is 3.73. The van der Waals surface area contributed by atoms with E-state index in [0.29, 0.717) is 6.04 Å². The van der Waals surface area contributed by atoms with Crippen LogP contribution in [0.1, 0.15) is 29.7 Å². The lowest BCUT2D eigenvalue weighted by Gasteiger charge is -2.33. The summed E-state index contributed by atoms with van der Waals surface area (Å²) in [5.74, 6) is 0.735. The van der Waals surface area contributed by atoms with E-state index in [9.17, 15) is 0 Å². The van der Waals surface area contributed by atoms with Gasteiger partial charge in [-0.3, -0.25) is 9.47 Å². The van der Waals surface area contributed by atoms with E-state index in [1.807, 2.05) is 12.3 Å². The maximum Gasteiger partial charge on any atom is 0.233 e. The van der Waals surface area contributed by atoms with Crippen LogP contribution >= 0.6 is 0 Å². The monoisotopic (exact) mass is 361 g/mol. The summed E-state index contributed by atoms with van der Waals surface area (Å²) in [6.07, 6.45) is 8.05. The van der Waals surface area contributed by atoms with Crippen LogP contribution in [-0.4, -0.2) is 38.6 Å². The average molecular weight is 361 g/mol. The van der Waals surface area contributed by atoms with Gasteiger partial charge in [0.05, 0.1) is 0 Å². The Kier molecular flexibility index (Phi) is 5.21. The van der Waals surface area contributed by atoms with Gasteiger partial charge in [-0.05, 0) is 74.7 Å². The van der Waals surface area contributed by atoms with E-state index < -0.39 is 0 Å². The van der Waals surface area contributed by atoms with Gasteiger partial charge in [0.25, 0.3) is 0 Å². The van der Waals surface area contributed by atoms with Crippen molar-refractivity contribution in [3.8, 4) is 5.95 Å². The number of aromatic nitrogens is 3. The molecule has 1 fully saturated rings. The van der Waals surface area contributed by atoms with Crippen LogP contribution in [-0.2, 0) is 6.54 Å². The number of nitrogens with one attached hydrogen (secondary N) is 1. The molecule has 1 aromatic carbocycles. The van der Waals surface area contributed by atoms with E-state index in [2.05, 4.69) is 68.9 Å². The molecule has 0 spiro atoms. The molecule has 1 saturated heterocycles. The molecule has 0 unspecified atom stereocenters. The maximum atomic E-state index is 4.38. The van der Waals surface area contributed by atoms with Gasteiger partial charge in [0.2, 0.25) is 5.95 Å². The minimum Gasteiger partial charge on any atom is -0.381 e. The summed E-state index contributed by atoms with van der Waals surface area (Å²) in [6, 6.07) is 13.2. The highest BCUT2D eigenvalue weighted by Crippen LogP contribution is 2.20. The minimum absolute atomic E-state index is 0.484. The second-order valence-electron chi connectivity index (χ2n) is 7.44. The van der Waals surface area contributed by atoms with E-state index in [4.69, 9.17) is 0 Å². The number of rotatable bonds is 5. The zero-order chi connectivity index (χ0) is 18.6. The minimum atomic E-state index is 0.484. The van der Waals surface area contributed by atoms with Crippen LogP contribution in [0.25, 0.3) is 5.95 Å². The predicted octanol–water partition coefficient (Wildman–Crippen LogP) is 3.96. The van der Waals surface area contributed by atoms with Crippen molar-refractivity contribution in [2.75, 3.05) is 18.4 Å². The van der Waals surface area contributed by atoms with Gasteiger partial charge in [-0.1, -0.05) is 6.07 Å². The first kappa shape index (κ1) is 17.7. The molecular weight excluding hydrogens is 334 g/mol. The van der Waals surface area contributed by atoms with Gasteiger partial charge < -0.3 is 5.32 Å². The molecule has 2 aromatic heterocycles. The van der Waals surface area contributed by atoms with Crippen molar-refractivity contribution in [2.24, 2.45) is 0 Å². The van der Waals surface area contributed by atoms with Crippen LogP contribution in [0.5, 0.6) is 0 Å². The molecule has 0 saturated carbocycles. The topological polar surface area (TPSA) is 46.0 Å². The second-order valence-corrected chi connectivity index (χ2v) is 7.44. The van der Waals surface area contributed by atoms with Crippen molar-refractivity contribution in [3.05, 3.63) is 71.8 Å². The first-order valence-electron chi connectivity index (χ1n) is 9.69. The molecular formula is C22H27N5. The van der Waals surface area contributed by atoms with Crippen LogP contribution in [0.3, 0.4) is 0 Å². The molecule has 0 bridgehead atoms. The van der Waals surface area contributed by atoms with Crippen molar-refractivity contribution in [3.63, 3.8) is 0 Å². The first-order valence-corrected chi connectivity index (χ1v) is 9.69. The molecule has 1 aliphatic heterocycles.